The van der Waals surface area contributed by atoms with Crippen LogP contribution >= 0.6 is 11.8 Å². The van der Waals surface area contributed by atoms with E-state index < -0.39 is 0 Å². The first kappa shape index (κ1) is 12.6. The van der Waals surface area contributed by atoms with Crippen LogP contribution < -0.4 is 5.32 Å². The van der Waals surface area contributed by atoms with Crippen molar-refractivity contribution in [2.24, 2.45) is 0 Å². The van der Waals surface area contributed by atoms with Gasteiger partial charge < -0.3 is 5.32 Å². The molecule has 0 heterocycles. The molecule has 0 aliphatic carbocycles. The minimum Gasteiger partial charge on any atom is -0.354 e. The van der Waals surface area contributed by atoms with Crippen molar-refractivity contribution in [2.45, 2.75) is 18.2 Å². The van der Waals surface area contributed by atoms with Crippen LogP contribution in [0.3, 0.4) is 0 Å². The molecule has 1 amide bonds. The lowest BCUT2D eigenvalue weighted by molar-refractivity contribution is -0.118. The van der Waals surface area contributed by atoms with Crippen molar-refractivity contribution >= 4 is 17.7 Å². The Labute approximate surface area is 99.8 Å². The molecule has 4 heteroatoms. The van der Waals surface area contributed by atoms with E-state index in [1.54, 1.807) is 0 Å². The maximum absolute atomic E-state index is 11.3. The summed E-state index contributed by atoms with van der Waals surface area (Å²) in [5.41, 5.74) is 1.21. The van der Waals surface area contributed by atoms with E-state index in [1.165, 1.54) is 17.3 Å². The van der Waals surface area contributed by atoms with Gasteiger partial charge in [0.05, 0.1) is 18.2 Å². The largest absolute Gasteiger partial charge is 0.354 e. The molecule has 0 aromatic heterocycles. The van der Waals surface area contributed by atoms with Gasteiger partial charge in [0.1, 0.15) is 0 Å². The van der Waals surface area contributed by atoms with Crippen molar-refractivity contribution in [1.29, 1.82) is 5.26 Å². The summed E-state index contributed by atoms with van der Waals surface area (Å²) in [6.07, 6.45) is 0.362. The second-order valence-electron chi connectivity index (χ2n) is 3.36. The van der Waals surface area contributed by atoms with Crippen molar-refractivity contribution in [3.8, 4) is 6.07 Å². The molecule has 0 atom stereocenters. The summed E-state index contributed by atoms with van der Waals surface area (Å²) in [5.74, 6) is 0.370. The lowest BCUT2D eigenvalue weighted by atomic mass is 10.2. The van der Waals surface area contributed by atoms with Gasteiger partial charge in [-0.3, -0.25) is 4.79 Å². The van der Waals surface area contributed by atoms with Crippen molar-refractivity contribution < 1.29 is 4.79 Å². The number of thioether (sulfide) groups is 1. The Morgan fingerprint density at radius 3 is 2.75 bits per heavy atom. The standard InChI is InChI=1S/C12H14N2OS/c1-10-3-5-11(6-4-10)16-9-12(15)14-8-2-7-13/h3-6H,2,8-9H2,1H3,(H,14,15). The fourth-order valence-corrected chi connectivity index (χ4v) is 1.82. The molecule has 1 aromatic carbocycles. The van der Waals surface area contributed by atoms with E-state index in [0.717, 1.165) is 4.90 Å². The third-order valence-electron chi connectivity index (χ3n) is 1.95. The summed E-state index contributed by atoms with van der Waals surface area (Å²) >= 11 is 1.50. The zero-order valence-electron chi connectivity index (χ0n) is 9.19. The molecule has 1 aromatic rings. The monoisotopic (exact) mass is 234 g/mol. The molecule has 0 aliphatic rings. The fraction of sp³-hybridized carbons (Fsp3) is 0.333. The highest BCUT2D eigenvalue weighted by Gasteiger charge is 2.01. The molecule has 0 unspecified atom stereocenters. The van der Waals surface area contributed by atoms with Crippen molar-refractivity contribution in [3.63, 3.8) is 0 Å². The smallest absolute Gasteiger partial charge is 0.230 e. The van der Waals surface area contributed by atoms with E-state index in [0.29, 0.717) is 18.7 Å². The molecular formula is C12H14N2OS. The zero-order chi connectivity index (χ0) is 11.8. The van der Waals surface area contributed by atoms with Crippen molar-refractivity contribution in [1.82, 2.24) is 5.32 Å². The molecule has 3 nitrogen and oxygen atoms in total. The van der Waals surface area contributed by atoms with Crippen LogP contribution in [-0.2, 0) is 4.79 Å². The first-order valence-corrected chi connectivity index (χ1v) is 6.04. The van der Waals surface area contributed by atoms with Gasteiger partial charge in [0.15, 0.2) is 0 Å². The SMILES string of the molecule is Cc1ccc(SCC(=O)NCCC#N)cc1. The Balaban J connectivity index is 2.26. The van der Waals surface area contributed by atoms with Crippen LogP contribution in [0.4, 0.5) is 0 Å². The average Bonchev–Trinajstić information content (AvgIpc) is 2.29. The number of nitrogens with one attached hydrogen (secondary N) is 1. The first-order valence-electron chi connectivity index (χ1n) is 5.05. The predicted octanol–water partition coefficient (Wildman–Crippen LogP) is 2.12. The molecule has 0 radical (unpaired) electrons. The van der Waals surface area contributed by atoms with Gasteiger partial charge in [-0.1, -0.05) is 17.7 Å². The molecule has 0 saturated carbocycles. The number of carbonyl (C=O) groups excluding carboxylic acids is 1. The maximum atomic E-state index is 11.3. The van der Waals surface area contributed by atoms with Crippen LogP contribution in [-0.4, -0.2) is 18.2 Å². The number of hydrogen-bond donors (Lipinski definition) is 1. The van der Waals surface area contributed by atoms with E-state index in [1.807, 2.05) is 37.3 Å². The van der Waals surface area contributed by atoms with Gasteiger partial charge in [0.2, 0.25) is 5.91 Å². The van der Waals surface area contributed by atoms with E-state index in [9.17, 15) is 4.79 Å². The van der Waals surface area contributed by atoms with Crippen LogP contribution in [0.1, 0.15) is 12.0 Å². The maximum Gasteiger partial charge on any atom is 0.230 e. The van der Waals surface area contributed by atoms with E-state index in [2.05, 4.69) is 5.32 Å². The molecule has 16 heavy (non-hydrogen) atoms. The van der Waals surface area contributed by atoms with E-state index >= 15 is 0 Å². The zero-order valence-corrected chi connectivity index (χ0v) is 10.0. The third-order valence-corrected chi connectivity index (χ3v) is 2.96. The predicted molar refractivity (Wildman–Crippen MR) is 65.1 cm³/mol. The molecule has 1 N–H and O–H groups in total. The molecule has 1 rings (SSSR count). The van der Waals surface area contributed by atoms with Crippen LogP contribution in [0, 0.1) is 18.3 Å². The number of nitrogens with zero attached hydrogens (tertiary/aromatic N) is 1. The number of rotatable bonds is 5. The summed E-state index contributed by atoms with van der Waals surface area (Å²) in [7, 11) is 0. The minimum atomic E-state index is -0.0270. The van der Waals surface area contributed by atoms with Gasteiger partial charge in [-0.15, -0.1) is 11.8 Å². The summed E-state index contributed by atoms with van der Waals surface area (Å²) < 4.78 is 0. The van der Waals surface area contributed by atoms with E-state index in [4.69, 9.17) is 5.26 Å². The highest BCUT2D eigenvalue weighted by atomic mass is 32.2. The highest BCUT2D eigenvalue weighted by molar-refractivity contribution is 8.00. The normalized spacial score (nSPS) is 9.50. The quantitative estimate of drug-likeness (QED) is 0.627. The number of carbonyl (C=O) groups is 1. The molecule has 0 saturated heterocycles. The summed E-state index contributed by atoms with van der Waals surface area (Å²) in [4.78, 5) is 12.4. The number of hydrogen-bond acceptors (Lipinski definition) is 3. The number of benzene rings is 1. The Morgan fingerprint density at radius 1 is 1.44 bits per heavy atom. The molecule has 0 aliphatic heterocycles. The van der Waals surface area contributed by atoms with E-state index in [-0.39, 0.29) is 5.91 Å². The Kier molecular flexibility index (Phi) is 5.44. The Morgan fingerprint density at radius 2 is 2.12 bits per heavy atom. The molecule has 84 valence electrons. The van der Waals surface area contributed by atoms with Crippen LogP contribution in [0.2, 0.25) is 0 Å². The lowest BCUT2D eigenvalue weighted by Gasteiger charge is -2.03. The number of aryl methyl sites for hydroxylation is 1. The summed E-state index contributed by atoms with van der Waals surface area (Å²) in [6.45, 7) is 2.47. The molecule has 0 bridgehead atoms. The van der Waals surface area contributed by atoms with Gasteiger partial charge in [-0.25, -0.2) is 0 Å². The topological polar surface area (TPSA) is 52.9 Å². The van der Waals surface area contributed by atoms with Crippen molar-refractivity contribution in [3.05, 3.63) is 29.8 Å². The van der Waals surface area contributed by atoms with Gasteiger partial charge in [-0.2, -0.15) is 5.26 Å². The lowest BCUT2D eigenvalue weighted by Crippen LogP contribution is -2.25. The number of amides is 1. The Bertz CT molecular complexity index is 381. The van der Waals surface area contributed by atoms with Gasteiger partial charge in [0.25, 0.3) is 0 Å². The second kappa shape index (κ2) is 6.91. The van der Waals surface area contributed by atoms with Crippen molar-refractivity contribution in [2.75, 3.05) is 12.3 Å². The third kappa shape index (κ3) is 4.85. The first-order chi connectivity index (χ1) is 7.72. The van der Waals surface area contributed by atoms with Crippen LogP contribution in [0.15, 0.2) is 29.2 Å². The average molecular weight is 234 g/mol. The van der Waals surface area contributed by atoms with Gasteiger partial charge in [0, 0.05) is 11.4 Å². The molecule has 0 spiro atoms. The highest BCUT2D eigenvalue weighted by Crippen LogP contribution is 2.17. The molecule has 0 fully saturated rings. The van der Waals surface area contributed by atoms with Crippen LogP contribution in [0.25, 0.3) is 0 Å². The molecular weight excluding hydrogens is 220 g/mol. The van der Waals surface area contributed by atoms with Gasteiger partial charge >= 0.3 is 0 Å². The number of nitriles is 1. The minimum absolute atomic E-state index is 0.0270. The Hall–Kier alpha value is -1.47. The summed E-state index contributed by atoms with van der Waals surface area (Å²) in [6, 6.07) is 10.0. The van der Waals surface area contributed by atoms with Gasteiger partial charge in [-0.05, 0) is 19.1 Å². The second-order valence-corrected chi connectivity index (χ2v) is 4.41. The summed E-state index contributed by atoms with van der Waals surface area (Å²) in [5, 5.41) is 11.0. The fourth-order valence-electron chi connectivity index (χ4n) is 1.09. The van der Waals surface area contributed by atoms with Crippen LogP contribution in [0.5, 0.6) is 0 Å².